The van der Waals surface area contributed by atoms with Gasteiger partial charge in [0.1, 0.15) is 11.8 Å². The van der Waals surface area contributed by atoms with Gasteiger partial charge in [0.2, 0.25) is 5.91 Å². The third-order valence-corrected chi connectivity index (χ3v) is 6.18. The predicted molar refractivity (Wildman–Crippen MR) is 103 cm³/mol. The lowest BCUT2D eigenvalue weighted by atomic mass is 9.81. The van der Waals surface area contributed by atoms with Gasteiger partial charge in [0.05, 0.1) is 12.5 Å². The molecule has 2 aliphatic rings. The minimum atomic E-state index is -0.822. The Balaban J connectivity index is 1.72. The number of carboxylic acids is 1. The molecule has 1 aliphatic heterocycles. The molecule has 2 amide bonds. The summed E-state index contributed by atoms with van der Waals surface area (Å²) in [4.78, 5) is 39.3. The lowest BCUT2D eigenvalue weighted by molar-refractivity contribution is -0.149. The highest BCUT2D eigenvalue weighted by molar-refractivity contribution is 5.98. The van der Waals surface area contributed by atoms with Crippen LogP contribution in [0.2, 0.25) is 0 Å². The summed E-state index contributed by atoms with van der Waals surface area (Å²) in [5.74, 6) is -0.812. The van der Waals surface area contributed by atoms with Gasteiger partial charge in [-0.2, -0.15) is 0 Å². The molecule has 3 atom stereocenters. The van der Waals surface area contributed by atoms with E-state index in [0.717, 1.165) is 12.8 Å². The van der Waals surface area contributed by atoms with Gasteiger partial charge in [0.25, 0.3) is 5.91 Å². The van der Waals surface area contributed by atoms with Crippen molar-refractivity contribution in [2.45, 2.75) is 39.2 Å². The summed E-state index contributed by atoms with van der Waals surface area (Å²) in [5, 5.41) is 12.6. The van der Waals surface area contributed by atoms with Crippen molar-refractivity contribution in [1.82, 2.24) is 10.2 Å². The van der Waals surface area contributed by atoms with Crippen molar-refractivity contribution in [3.63, 3.8) is 0 Å². The first-order chi connectivity index (χ1) is 13.3. The number of carbonyl (C=O) groups is 3. The summed E-state index contributed by atoms with van der Waals surface area (Å²) >= 11 is 0. The van der Waals surface area contributed by atoms with E-state index in [0.29, 0.717) is 24.3 Å². The minimum absolute atomic E-state index is 0.000878. The first-order valence-corrected chi connectivity index (χ1v) is 9.75. The molecule has 2 N–H and O–H groups in total. The number of rotatable bonds is 6. The highest BCUT2D eigenvalue weighted by atomic mass is 16.5. The van der Waals surface area contributed by atoms with Crippen LogP contribution in [0.15, 0.2) is 24.3 Å². The van der Waals surface area contributed by atoms with Crippen LogP contribution in [0.4, 0.5) is 0 Å². The summed E-state index contributed by atoms with van der Waals surface area (Å²) in [6, 6.07) is 5.99. The van der Waals surface area contributed by atoms with E-state index in [2.05, 4.69) is 5.32 Å². The fourth-order valence-corrected chi connectivity index (χ4v) is 4.48. The third-order valence-electron chi connectivity index (χ3n) is 6.18. The van der Waals surface area contributed by atoms with Crippen molar-refractivity contribution in [2.75, 3.05) is 20.2 Å². The summed E-state index contributed by atoms with van der Waals surface area (Å²) in [5.41, 5.74) is -0.378. The fourth-order valence-electron chi connectivity index (χ4n) is 4.48. The smallest absolute Gasteiger partial charge is 0.311 e. The Kier molecular flexibility index (Phi) is 5.63. The number of ether oxygens (including phenoxy) is 1. The first-order valence-electron chi connectivity index (χ1n) is 9.75. The van der Waals surface area contributed by atoms with Crippen molar-refractivity contribution in [3.05, 3.63) is 29.8 Å². The number of likely N-dealkylation sites (tertiary alicyclic amines) is 1. The number of amides is 2. The molecule has 0 radical (unpaired) electrons. The summed E-state index contributed by atoms with van der Waals surface area (Å²) in [6.07, 6.45) is 2.34. The van der Waals surface area contributed by atoms with Gasteiger partial charge < -0.3 is 20.1 Å². The van der Waals surface area contributed by atoms with E-state index in [9.17, 15) is 19.5 Å². The molecule has 0 spiro atoms. The van der Waals surface area contributed by atoms with Gasteiger partial charge in [-0.05, 0) is 48.9 Å². The van der Waals surface area contributed by atoms with Gasteiger partial charge in [-0.25, -0.2) is 0 Å². The van der Waals surface area contributed by atoms with Crippen molar-refractivity contribution in [2.24, 2.45) is 17.3 Å². The van der Waals surface area contributed by atoms with E-state index in [1.165, 1.54) is 0 Å². The van der Waals surface area contributed by atoms with Gasteiger partial charge in [0, 0.05) is 18.7 Å². The summed E-state index contributed by atoms with van der Waals surface area (Å²) in [7, 11) is 1.55. The number of carboxylic acid groups (broad SMARTS) is 1. The Morgan fingerprint density at radius 3 is 2.46 bits per heavy atom. The molecule has 1 aliphatic carbocycles. The van der Waals surface area contributed by atoms with Gasteiger partial charge >= 0.3 is 5.97 Å². The SMILES string of the molecule is COc1ccc(C(=O)NC(C(=O)N2C[C@@H]3CCC[C@@]3(C(=O)O)C2)C(C)C)cc1. The average molecular weight is 388 g/mol. The van der Waals surface area contributed by atoms with E-state index in [1.807, 2.05) is 13.8 Å². The second-order valence-corrected chi connectivity index (χ2v) is 8.19. The molecule has 3 rings (SSSR count). The Morgan fingerprint density at radius 2 is 1.93 bits per heavy atom. The zero-order chi connectivity index (χ0) is 20.5. The van der Waals surface area contributed by atoms with Crippen molar-refractivity contribution < 1.29 is 24.2 Å². The fraction of sp³-hybridized carbons (Fsp3) is 0.571. The van der Waals surface area contributed by atoms with Crippen molar-refractivity contribution in [3.8, 4) is 5.75 Å². The van der Waals surface area contributed by atoms with E-state index >= 15 is 0 Å². The van der Waals surface area contributed by atoms with Gasteiger partial charge in [-0.15, -0.1) is 0 Å². The van der Waals surface area contributed by atoms with Crippen LogP contribution in [0.5, 0.6) is 5.75 Å². The van der Waals surface area contributed by atoms with Crippen LogP contribution in [0.1, 0.15) is 43.5 Å². The molecule has 1 saturated heterocycles. The number of fused-ring (bicyclic) bond motifs is 1. The van der Waals surface area contributed by atoms with E-state index in [1.54, 1.807) is 36.3 Å². The first kappa shape index (κ1) is 20.2. The van der Waals surface area contributed by atoms with E-state index in [-0.39, 0.29) is 30.2 Å². The highest BCUT2D eigenvalue weighted by Crippen LogP contribution is 2.49. The van der Waals surface area contributed by atoms with Gasteiger partial charge in [-0.3, -0.25) is 14.4 Å². The van der Waals surface area contributed by atoms with Gasteiger partial charge in [0.15, 0.2) is 0 Å². The quantitative estimate of drug-likeness (QED) is 0.779. The minimum Gasteiger partial charge on any atom is -0.497 e. The molecule has 1 unspecified atom stereocenters. The van der Waals surface area contributed by atoms with Crippen molar-refractivity contribution in [1.29, 1.82) is 0 Å². The molecule has 1 heterocycles. The maximum absolute atomic E-state index is 13.1. The molecular weight excluding hydrogens is 360 g/mol. The number of carbonyl (C=O) groups excluding carboxylic acids is 2. The zero-order valence-electron chi connectivity index (χ0n) is 16.6. The third kappa shape index (κ3) is 3.57. The van der Waals surface area contributed by atoms with E-state index < -0.39 is 17.4 Å². The highest BCUT2D eigenvalue weighted by Gasteiger charge is 2.56. The number of hydrogen-bond acceptors (Lipinski definition) is 4. The summed E-state index contributed by atoms with van der Waals surface area (Å²) in [6.45, 7) is 4.43. The number of benzene rings is 1. The summed E-state index contributed by atoms with van der Waals surface area (Å²) < 4.78 is 5.10. The second kappa shape index (κ2) is 7.81. The Morgan fingerprint density at radius 1 is 1.25 bits per heavy atom. The number of aliphatic carboxylic acids is 1. The Bertz CT molecular complexity index is 761. The Labute approximate surface area is 165 Å². The largest absolute Gasteiger partial charge is 0.497 e. The van der Waals surface area contributed by atoms with Crippen LogP contribution >= 0.6 is 0 Å². The normalized spacial score (nSPS) is 24.7. The van der Waals surface area contributed by atoms with Crippen LogP contribution in [0.3, 0.4) is 0 Å². The van der Waals surface area contributed by atoms with Crippen molar-refractivity contribution >= 4 is 17.8 Å². The lowest BCUT2D eigenvalue weighted by Crippen LogP contribution is -2.51. The Hall–Kier alpha value is -2.57. The molecule has 7 heteroatoms. The zero-order valence-corrected chi connectivity index (χ0v) is 16.6. The standard InChI is InChI=1S/C21H28N2O5/c1-13(2)17(22-18(24)14-6-8-16(28-3)9-7-14)19(25)23-11-15-5-4-10-21(15,12-23)20(26)27/h6-9,13,15,17H,4-5,10-12H2,1-3H3,(H,22,24)(H,26,27)/t15-,17?,21+/m0/s1. The molecule has 2 fully saturated rings. The lowest BCUT2D eigenvalue weighted by Gasteiger charge is -2.28. The van der Waals surface area contributed by atoms with E-state index in [4.69, 9.17) is 4.74 Å². The molecule has 28 heavy (non-hydrogen) atoms. The van der Waals surface area contributed by atoms with Crippen LogP contribution in [0.25, 0.3) is 0 Å². The molecule has 1 saturated carbocycles. The maximum atomic E-state index is 13.1. The number of nitrogens with one attached hydrogen (secondary N) is 1. The molecule has 1 aromatic rings. The molecule has 1 aromatic carbocycles. The van der Waals surface area contributed by atoms with Crippen LogP contribution < -0.4 is 10.1 Å². The predicted octanol–water partition coefficient (Wildman–Crippen LogP) is 2.16. The van der Waals surface area contributed by atoms with Gasteiger partial charge in [-0.1, -0.05) is 20.3 Å². The average Bonchev–Trinajstić information content (AvgIpc) is 3.24. The molecule has 0 bridgehead atoms. The second-order valence-electron chi connectivity index (χ2n) is 8.19. The topological polar surface area (TPSA) is 95.9 Å². The van der Waals surface area contributed by atoms with Crippen LogP contribution in [-0.2, 0) is 9.59 Å². The molecule has 0 aromatic heterocycles. The molecular formula is C21H28N2O5. The maximum Gasteiger partial charge on any atom is 0.311 e. The van der Waals surface area contributed by atoms with Crippen LogP contribution in [-0.4, -0.2) is 54.0 Å². The number of nitrogens with zero attached hydrogens (tertiary/aromatic N) is 1. The monoisotopic (exact) mass is 388 g/mol. The number of methoxy groups -OCH3 is 1. The molecule has 152 valence electrons. The van der Waals surface area contributed by atoms with Crippen LogP contribution in [0, 0.1) is 17.3 Å². The molecule has 7 nitrogen and oxygen atoms in total. The number of hydrogen-bond donors (Lipinski definition) is 2.